The normalized spacial score (nSPS) is 19.6. The van der Waals surface area contributed by atoms with Crippen LogP contribution < -0.4 is 4.74 Å². The first-order chi connectivity index (χ1) is 7.72. The van der Waals surface area contributed by atoms with Crippen molar-refractivity contribution in [2.75, 3.05) is 13.3 Å². The molecule has 16 heavy (non-hydrogen) atoms. The molecule has 1 aromatic rings. The van der Waals surface area contributed by atoms with E-state index >= 15 is 0 Å². The average Bonchev–Trinajstić information content (AvgIpc) is 2.69. The summed E-state index contributed by atoms with van der Waals surface area (Å²) in [7, 11) is 0. The van der Waals surface area contributed by atoms with E-state index in [2.05, 4.69) is 18.9 Å². The summed E-state index contributed by atoms with van der Waals surface area (Å²) in [6.07, 6.45) is 3.39. The Morgan fingerprint density at radius 2 is 2.44 bits per heavy atom. The van der Waals surface area contributed by atoms with Crippen molar-refractivity contribution in [2.45, 2.75) is 39.2 Å². The Balaban J connectivity index is 2.05. The summed E-state index contributed by atoms with van der Waals surface area (Å²) in [5.74, 6) is 1.75. The molecule has 2 heterocycles. The van der Waals surface area contributed by atoms with Crippen molar-refractivity contribution in [3.63, 3.8) is 0 Å². The van der Waals surface area contributed by atoms with E-state index in [1.807, 2.05) is 10.9 Å². The number of hydrogen-bond acceptors (Lipinski definition) is 2. The zero-order chi connectivity index (χ0) is 11.5. The monoisotopic (exact) mass is 226 g/mol. The molecule has 4 heteroatoms. The minimum absolute atomic E-state index is 0.236. The molecule has 1 aliphatic heterocycles. The Kier molecular flexibility index (Phi) is 3.46. The van der Waals surface area contributed by atoms with Gasteiger partial charge in [0, 0.05) is 11.5 Å². The maximum absolute atomic E-state index is 12.1. The smallest absolute Gasteiger partial charge is 0.215 e. The molecule has 0 saturated heterocycles. The van der Waals surface area contributed by atoms with Gasteiger partial charge in [-0.15, -0.1) is 0 Å². The molecule has 0 saturated carbocycles. The minimum Gasteiger partial charge on any atom is -0.477 e. The van der Waals surface area contributed by atoms with Crippen LogP contribution in [0, 0.1) is 5.92 Å². The van der Waals surface area contributed by atoms with Gasteiger partial charge in [0.2, 0.25) is 5.88 Å². The summed E-state index contributed by atoms with van der Waals surface area (Å²) < 4.78 is 19.8. The topological polar surface area (TPSA) is 27.1 Å². The van der Waals surface area contributed by atoms with Crippen molar-refractivity contribution in [1.29, 1.82) is 0 Å². The molecule has 90 valence electrons. The number of halogens is 1. The third-order valence-corrected chi connectivity index (χ3v) is 3.07. The molecule has 0 aliphatic carbocycles. The first-order valence-electron chi connectivity index (χ1n) is 5.96. The Bertz CT molecular complexity index is 349. The largest absolute Gasteiger partial charge is 0.477 e. The molecular formula is C12H19FN2O. The Morgan fingerprint density at radius 3 is 3.12 bits per heavy atom. The van der Waals surface area contributed by atoms with Crippen LogP contribution in [-0.2, 0) is 6.54 Å². The van der Waals surface area contributed by atoms with Crippen LogP contribution in [0.25, 0.3) is 0 Å². The van der Waals surface area contributed by atoms with E-state index < -0.39 is 0 Å². The Labute approximate surface area is 95.6 Å². The molecule has 0 fully saturated rings. The van der Waals surface area contributed by atoms with Crippen LogP contribution in [0.5, 0.6) is 5.88 Å². The summed E-state index contributed by atoms with van der Waals surface area (Å²) in [5, 5.41) is 4.33. The number of hydrogen-bond donors (Lipinski definition) is 0. The molecule has 0 radical (unpaired) electrons. The molecule has 3 nitrogen and oxygen atoms in total. The van der Waals surface area contributed by atoms with Crippen LogP contribution in [0.2, 0.25) is 0 Å². The highest BCUT2D eigenvalue weighted by Crippen LogP contribution is 2.30. The predicted octanol–water partition coefficient (Wildman–Crippen LogP) is 2.76. The van der Waals surface area contributed by atoms with E-state index in [1.54, 1.807) is 0 Å². The fourth-order valence-corrected chi connectivity index (χ4v) is 2.11. The lowest BCUT2D eigenvalue weighted by molar-refractivity contribution is 0.152. The highest BCUT2D eigenvalue weighted by atomic mass is 19.1. The van der Waals surface area contributed by atoms with Gasteiger partial charge in [-0.1, -0.05) is 13.8 Å². The van der Waals surface area contributed by atoms with E-state index in [9.17, 15) is 4.39 Å². The molecule has 0 amide bonds. The van der Waals surface area contributed by atoms with Crippen LogP contribution in [0.3, 0.4) is 0 Å². The number of fused-ring (bicyclic) bond motifs is 1. The molecule has 1 aromatic heterocycles. The second kappa shape index (κ2) is 4.85. The lowest BCUT2D eigenvalue weighted by Crippen LogP contribution is -2.26. The minimum atomic E-state index is -0.236. The quantitative estimate of drug-likeness (QED) is 0.789. The molecule has 0 bridgehead atoms. The zero-order valence-electron chi connectivity index (χ0n) is 9.95. The van der Waals surface area contributed by atoms with Gasteiger partial charge in [0.25, 0.3) is 0 Å². The third kappa shape index (κ3) is 2.20. The fourth-order valence-electron chi connectivity index (χ4n) is 2.11. The summed E-state index contributed by atoms with van der Waals surface area (Å²) >= 11 is 0. The summed E-state index contributed by atoms with van der Waals surface area (Å²) in [5.41, 5.74) is 1.17. The SMILES string of the molecule is CC(C)c1cnn2c1OCC(CCCF)C2. The summed E-state index contributed by atoms with van der Waals surface area (Å²) in [6, 6.07) is 0. The van der Waals surface area contributed by atoms with Gasteiger partial charge in [0.15, 0.2) is 0 Å². The first kappa shape index (κ1) is 11.4. The molecule has 0 aromatic carbocycles. The second-order valence-corrected chi connectivity index (χ2v) is 4.75. The number of alkyl halides is 1. The summed E-state index contributed by atoms with van der Waals surface area (Å²) in [6.45, 7) is 5.60. The molecule has 1 unspecified atom stereocenters. The van der Waals surface area contributed by atoms with E-state index in [4.69, 9.17) is 4.74 Å². The Morgan fingerprint density at radius 1 is 1.62 bits per heavy atom. The van der Waals surface area contributed by atoms with Crippen molar-refractivity contribution in [3.05, 3.63) is 11.8 Å². The van der Waals surface area contributed by atoms with E-state index in [1.165, 1.54) is 5.56 Å². The maximum Gasteiger partial charge on any atom is 0.215 e. The van der Waals surface area contributed by atoms with Crippen molar-refractivity contribution in [2.24, 2.45) is 5.92 Å². The van der Waals surface area contributed by atoms with Crippen molar-refractivity contribution in [1.82, 2.24) is 9.78 Å². The van der Waals surface area contributed by atoms with E-state index in [0.29, 0.717) is 24.9 Å². The molecule has 1 atom stereocenters. The van der Waals surface area contributed by atoms with Gasteiger partial charge in [-0.05, 0) is 18.8 Å². The summed E-state index contributed by atoms with van der Waals surface area (Å²) in [4.78, 5) is 0. The highest BCUT2D eigenvalue weighted by Gasteiger charge is 2.23. The van der Waals surface area contributed by atoms with Gasteiger partial charge in [-0.25, -0.2) is 4.68 Å². The van der Waals surface area contributed by atoms with Crippen LogP contribution >= 0.6 is 0 Å². The molecular weight excluding hydrogens is 207 g/mol. The zero-order valence-corrected chi connectivity index (χ0v) is 9.95. The van der Waals surface area contributed by atoms with Crippen LogP contribution in [-0.4, -0.2) is 23.1 Å². The lowest BCUT2D eigenvalue weighted by Gasteiger charge is -2.25. The van der Waals surface area contributed by atoms with Crippen molar-refractivity contribution >= 4 is 0 Å². The maximum atomic E-state index is 12.1. The van der Waals surface area contributed by atoms with Gasteiger partial charge >= 0.3 is 0 Å². The predicted molar refractivity (Wildman–Crippen MR) is 60.5 cm³/mol. The van der Waals surface area contributed by atoms with Crippen LogP contribution in [0.4, 0.5) is 4.39 Å². The number of aromatic nitrogens is 2. The van der Waals surface area contributed by atoms with Gasteiger partial charge in [0.05, 0.1) is 26.0 Å². The average molecular weight is 226 g/mol. The Hall–Kier alpha value is -1.06. The molecule has 2 rings (SSSR count). The van der Waals surface area contributed by atoms with Crippen LogP contribution in [0.1, 0.15) is 38.2 Å². The number of nitrogens with zero attached hydrogens (tertiary/aromatic N) is 2. The molecule has 0 spiro atoms. The van der Waals surface area contributed by atoms with Gasteiger partial charge in [0.1, 0.15) is 0 Å². The third-order valence-electron chi connectivity index (χ3n) is 3.07. The van der Waals surface area contributed by atoms with E-state index in [-0.39, 0.29) is 6.67 Å². The number of ether oxygens (including phenoxy) is 1. The van der Waals surface area contributed by atoms with Gasteiger partial charge < -0.3 is 4.74 Å². The lowest BCUT2D eigenvalue weighted by atomic mass is 10.0. The van der Waals surface area contributed by atoms with Crippen molar-refractivity contribution in [3.8, 4) is 5.88 Å². The van der Waals surface area contributed by atoms with Gasteiger partial charge in [-0.3, -0.25) is 4.39 Å². The highest BCUT2D eigenvalue weighted by molar-refractivity contribution is 5.28. The standard InChI is InChI=1S/C12H19FN2O/c1-9(2)11-6-14-15-7-10(4-3-5-13)8-16-12(11)15/h6,9-10H,3-5,7-8H2,1-2H3. The number of rotatable bonds is 4. The van der Waals surface area contributed by atoms with E-state index in [0.717, 1.165) is 18.8 Å². The molecule has 0 N–H and O–H groups in total. The van der Waals surface area contributed by atoms with Gasteiger partial charge in [-0.2, -0.15) is 5.10 Å². The second-order valence-electron chi connectivity index (χ2n) is 4.75. The van der Waals surface area contributed by atoms with Crippen LogP contribution in [0.15, 0.2) is 6.20 Å². The first-order valence-corrected chi connectivity index (χ1v) is 5.96. The molecule has 1 aliphatic rings. The fraction of sp³-hybridized carbons (Fsp3) is 0.750. The van der Waals surface area contributed by atoms with Crippen molar-refractivity contribution < 1.29 is 9.13 Å².